The fourth-order valence-corrected chi connectivity index (χ4v) is 2.37. The number of aliphatic imine (C=N–C) groups is 1. The van der Waals surface area contributed by atoms with E-state index in [1.54, 1.807) is 0 Å². The van der Waals surface area contributed by atoms with Gasteiger partial charge >= 0.3 is 0 Å². The quantitative estimate of drug-likeness (QED) is 0.483. The molecule has 0 aliphatic heterocycles. The second kappa shape index (κ2) is 11.0. The van der Waals surface area contributed by atoms with Crippen molar-refractivity contribution in [3.05, 3.63) is 29.6 Å². The van der Waals surface area contributed by atoms with E-state index < -0.39 is 0 Å². The Kier molecular flexibility index (Phi) is 9.23. The van der Waals surface area contributed by atoms with Gasteiger partial charge in [0.2, 0.25) is 0 Å². The van der Waals surface area contributed by atoms with Crippen molar-refractivity contribution < 1.29 is 5.11 Å². The highest BCUT2D eigenvalue weighted by atomic mass is 16.3. The fourth-order valence-electron chi connectivity index (χ4n) is 2.37. The van der Waals surface area contributed by atoms with Crippen LogP contribution in [-0.4, -0.2) is 35.7 Å². The molecule has 0 aliphatic carbocycles. The van der Waals surface area contributed by atoms with Gasteiger partial charge in [-0.25, -0.2) is 4.99 Å². The van der Waals surface area contributed by atoms with Crippen LogP contribution in [0.4, 0.5) is 0 Å². The number of pyridine rings is 1. The van der Waals surface area contributed by atoms with Crippen LogP contribution in [0.5, 0.6) is 0 Å². The number of aliphatic hydroxyl groups excluding tert-OH is 1. The Bertz CT molecular complexity index is 442. The summed E-state index contributed by atoms with van der Waals surface area (Å²) in [7, 11) is 0. The molecule has 0 amide bonds. The standard InChI is InChI=1S/C17H30N4O/c1-4-7-15(10-11-22)12-19-17(18-5-2)20-13-16-9-6-8-14(3)21-16/h6,8-9,15,22H,4-5,7,10-13H2,1-3H3,(H2,18,19,20). The molecule has 124 valence electrons. The minimum Gasteiger partial charge on any atom is -0.396 e. The lowest BCUT2D eigenvalue weighted by molar-refractivity contribution is 0.251. The first kappa shape index (κ1) is 18.4. The van der Waals surface area contributed by atoms with E-state index in [9.17, 15) is 0 Å². The van der Waals surface area contributed by atoms with Crippen LogP contribution in [0.2, 0.25) is 0 Å². The number of hydrogen-bond donors (Lipinski definition) is 3. The van der Waals surface area contributed by atoms with Crippen LogP contribution in [0.3, 0.4) is 0 Å². The summed E-state index contributed by atoms with van der Waals surface area (Å²) < 4.78 is 0. The van der Waals surface area contributed by atoms with Gasteiger partial charge in [-0.3, -0.25) is 4.98 Å². The van der Waals surface area contributed by atoms with Gasteiger partial charge in [-0.2, -0.15) is 0 Å². The van der Waals surface area contributed by atoms with Gasteiger partial charge < -0.3 is 15.7 Å². The summed E-state index contributed by atoms with van der Waals surface area (Å²) in [6.07, 6.45) is 3.08. The van der Waals surface area contributed by atoms with Gasteiger partial charge in [-0.1, -0.05) is 19.4 Å². The number of nitrogens with zero attached hydrogens (tertiary/aromatic N) is 2. The summed E-state index contributed by atoms with van der Waals surface area (Å²) in [6, 6.07) is 5.98. The van der Waals surface area contributed by atoms with Crippen molar-refractivity contribution in [2.45, 2.75) is 46.6 Å². The van der Waals surface area contributed by atoms with Gasteiger partial charge in [0.15, 0.2) is 5.96 Å². The predicted octanol–water partition coefficient (Wildman–Crippen LogP) is 2.24. The molecule has 0 aromatic carbocycles. The van der Waals surface area contributed by atoms with Gasteiger partial charge in [0.05, 0.1) is 12.2 Å². The van der Waals surface area contributed by atoms with Crippen molar-refractivity contribution >= 4 is 5.96 Å². The van der Waals surface area contributed by atoms with Gasteiger partial charge in [0.25, 0.3) is 0 Å². The molecule has 22 heavy (non-hydrogen) atoms. The third-order valence-electron chi connectivity index (χ3n) is 3.48. The molecule has 0 spiro atoms. The van der Waals surface area contributed by atoms with E-state index in [1.165, 1.54) is 0 Å². The van der Waals surface area contributed by atoms with Gasteiger partial charge in [-0.05, 0) is 44.7 Å². The Balaban J connectivity index is 2.57. The SMILES string of the molecule is CCCC(CCO)CNC(=NCc1cccc(C)n1)NCC. The molecule has 5 heteroatoms. The summed E-state index contributed by atoms with van der Waals surface area (Å²) in [6.45, 7) is 8.68. The number of aliphatic hydroxyl groups is 1. The number of nitrogens with one attached hydrogen (secondary N) is 2. The maximum Gasteiger partial charge on any atom is 0.191 e. The molecule has 0 saturated heterocycles. The predicted molar refractivity (Wildman–Crippen MR) is 91.9 cm³/mol. The van der Waals surface area contributed by atoms with Gasteiger partial charge in [0.1, 0.15) is 0 Å². The van der Waals surface area contributed by atoms with Crippen molar-refractivity contribution in [3.63, 3.8) is 0 Å². The van der Waals surface area contributed by atoms with E-state index >= 15 is 0 Å². The van der Waals surface area contributed by atoms with E-state index in [0.717, 1.165) is 49.7 Å². The van der Waals surface area contributed by atoms with E-state index in [1.807, 2.05) is 25.1 Å². The van der Waals surface area contributed by atoms with Crippen LogP contribution >= 0.6 is 0 Å². The Morgan fingerprint density at radius 1 is 1.27 bits per heavy atom. The highest BCUT2D eigenvalue weighted by Gasteiger charge is 2.08. The molecule has 1 aromatic rings. The van der Waals surface area contributed by atoms with Gasteiger partial charge in [-0.15, -0.1) is 0 Å². The van der Waals surface area contributed by atoms with Crippen molar-refractivity contribution in [2.75, 3.05) is 19.7 Å². The number of aromatic nitrogens is 1. The molecule has 0 fully saturated rings. The molecule has 0 aliphatic rings. The Morgan fingerprint density at radius 3 is 2.73 bits per heavy atom. The van der Waals surface area contributed by atoms with E-state index in [-0.39, 0.29) is 6.61 Å². The van der Waals surface area contributed by atoms with E-state index in [0.29, 0.717) is 12.5 Å². The van der Waals surface area contributed by atoms with E-state index in [4.69, 9.17) is 5.11 Å². The lowest BCUT2D eigenvalue weighted by atomic mass is 10.0. The van der Waals surface area contributed by atoms with Crippen molar-refractivity contribution in [1.29, 1.82) is 0 Å². The van der Waals surface area contributed by atoms with Crippen LogP contribution in [0.15, 0.2) is 23.2 Å². The summed E-state index contributed by atoms with van der Waals surface area (Å²) >= 11 is 0. The van der Waals surface area contributed by atoms with Crippen LogP contribution in [-0.2, 0) is 6.54 Å². The molecular formula is C17H30N4O. The molecule has 1 aromatic heterocycles. The largest absolute Gasteiger partial charge is 0.396 e. The Morgan fingerprint density at radius 2 is 2.09 bits per heavy atom. The first-order chi connectivity index (χ1) is 10.7. The maximum atomic E-state index is 9.13. The summed E-state index contributed by atoms with van der Waals surface area (Å²) in [4.78, 5) is 9.05. The van der Waals surface area contributed by atoms with E-state index in [2.05, 4.69) is 34.5 Å². The summed E-state index contributed by atoms with van der Waals surface area (Å²) in [5, 5.41) is 15.8. The normalized spacial score (nSPS) is 13.0. The number of rotatable bonds is 9. The molecule has 0 radical (unpaired) electrons. The highest BCUT2D eigenvalue weighted by Crippen LogP contribution is 2.09. The van der Waals surface area contributed by atoms with Crippen molar-refractivity contribution in [1.82, 2.24) is 15.6 Å². The zero-order valence-corrected chi connectivity index (χ0v) is 14.1. The molecule has 1 atom stereocenters. The number of aryl methyl sites for hydroxylation is 1. The number of guanidine groups is 1. The average molecular weight is 306 g/mol. The lowest BCUT2D eigenvalue weighted by Gasteiger charge is -2.18. The molecule has 1 heterocycles. The average Bonchev–Trinajstić information content (AvgIpc) is 2.50. The molecule has 1 rings (SSSR count). The minimum absolute atomic E-state index is 0.243. The first-order valence-corrected chi connectivity index (χ1v) is 8.25. The molecule has 1 unspecified atom stereocenters. The topological polar surface area (TPSA) is 69.5 Å². The minimum atomic E-state index is 0.243. The monoisotopic (exact) mass is 306 g/mol. The van der Waals surface area contributed by atoms with Crippen LogP contribution in [0.1, 0.15) is 44.5 Å². The van der Waals surface area contributed by atoms with Crippen LogP contribution < -0.4 is 10.6 Å². The maximum absolute atomic E-state index is 9.13. The second-order valence-corrected chi connectivity index (χ2v) is 5.51. The third-order valence-corrected chi connectivity index (χ3v) is 3.48. The first-order valence-electron chi connectivity index (χ1n) is 8.25. The zero-order chi connectivity index (χ0) is 16.2. The van der Waals surface area contributed by atoms with Crippen LogP contribution in [0.25, 0.3) is 0 Å². The van der Waals surface area contributed by atoms with Gasteiger partial charge in [0, 0.05) is 25.4 Å². The Hall–Kier alpha value is -1.62. The molecule has 0 bridgehead atoms. The molecule has 3 N–H and O–H groups in total. The second-order valence-electron chi connectivity index (χ2n) is 5.51. The summed E-state index contributed by atoms with van der Waals surface area (Å²) in [5.74, 6) is 1.29. The molecular weight excluding hydrogens is 276 g/mol. The zero-order valence-electron chi connectivity index (χ0n) is 14.1. The fraction of sp³-hybridized carbons (Fsp3) is 0.647. The molecule has 5 nitrogen and oxygen atoms in total. The Labute approximate surface area is 134 Å². The van der Waals surface area contributed by atoms with Crippen LogP contribution in [0, 0.1) is 12.8 Å². The van der Waals surface area contributed by atoms with Crippen molar-refractivity contribution in [2.24, 2.45) is 10.9 Å². The number of hydrogen-bond acceptors (Lipinski definition) is 3. The van der Waals surface area contributed by atoms with Crippen molar-refractivity contribution in [3.8, 4) is 0 Å². The highest BCUT2D eigenvalue weighted by molar-refractivity contribution is 5.79. The summed E-state index contributed by atoms with van der Waals surface area (Å²) in [5.41, 5.74) is 1.98. The smallest absolute Gasteiger partial charge is 0.191 e. The lowest BCUT2D eigenvalue weighted by Crippen LogP contribution is -2.40. The molecule has 0 saturated carbocycles. The third kappa shape index (κ3) is 7.41.